The van der Waals surface area contributed by atoms with Crippen molar-refractivity contribution in [2.75, 3.05) is 14.2 Å². The maximum Gasteiger partial charge on any atom is 0.410 e. The summed E-state index contributed by atoms with van der Waals surface area (Å²) in [4.78, 5) is 46.2. The quantitative estimate of drug-likeness (QED) is 0.637. The lowest BCUT2D eigenvalue weighted by molar-refractivity contribution is 0.00957. The van der Waals surface area contributed by atoms with Gasteiger partial charge >= 0.3 is 12.1 Å². The summed E-state index contributed by atoms with van der Waals surface area (Å²) in [6, 6.07) is 7.13. The molecule has 1 aromatic carbocycles. The average molecular weight is 469 g/mol. The highest BCUT2D eigenvalue weighted by Gasteiger charge is 2.51. The maximum atomic E-state index is 13.6. The Bertz CT molecular complexity index is 1130. The van der Waals surface area contributed by atoms with Gasteiger partial charge in [-0.15, -0.1) is 0 Å². The number of fused-ring (bicyclic) bond motifs is 1. The number of benzene rings is 1. The highest BCUT2D eigenvalue weighted by Crippen LogP contribution is 2.51. The molecule has 0 bridgehead atoms. The second-order valence-electron chi connectivity index (χ2n) is 10.1. The molecule has 1 unspecified atom stereocenters. The predicted molar refractivity (Wildman–Crippen MR) is 124 cm³/mol. The van der Waals surface area contributed by atoms with Gasteiger partial charge in [0.25, 0.3) is 5.91 Å². The van der Waals surface area contributed by atoms with Crippen LogP contribution in [0.15, 0.2) is 30.6 Å². The molecule has 34 heavy (non-hydrogen) atoms. The van der Waals surface area contributed by atoms with Crippen LogP contribution < -0.4 is 0 Å². The number of esters is 1. The lowest BCUT2D eigenvalue weighted by Gasteiger charge is -2.36. The van der Waals surface area contributed by atoms with Crippen LogP contribution in [0.1, 0.15) is 72.6 Å². The van der Waals surface area contributed by atoms with Gasteiger partial charge in [0.1, 0.15) is 5.60 Å². The minimum atomic E-state index is -0.607. The number of amides is 2. The molecule has 182 valence electrons. The molecule has 0 saturated heterocycles. The van der Waals surface area contributed by atoms with E-state index in [9.17, 15) is 14.4 Å². The van der Waals surface area contributed by atoms with Crippen molar-refractivity contribution < 1.29 is 23.9 Å². The second kappa shape index (κ2) is 8.45. The van der Waals surface area contributed by atoms with E-state index in [1.165, 1.54) is 7.11 Å². The summed E-state index contributed by atoms with van der Waals surface area (Å²) in [6.07, 6.45) is 2.84. The molecular formula is C25H32N4O5. The highest BCUT2D eigenvalue weighted by molar-refractivity contribution is 5.94. The first-order valence-corrected chi connectivity index (χ1v) is 11.5. The normalized spacial score (nSPS) is 18.6. The summed E-state index contributed by atoms with van der Waals surface area (Å²) in [5.74, 6) is -0.625. The van der Waals surface area contributed by atoms with Crippen LogP contribution in [0.3, 0.4) is 0 Å². The summed E-state index contributed by atoms with van der Waals surface area (Å²) >= 11 is 0. The number of ether oxygens (including phenoxy) is 2. The standard InChI is InChI=1S/C25H32N4O5/c1-16-13-28-15-26-20(19(28)14-29(16)23(32)34-24(2,3)4)21(30)27(5)25(10-11-25)18-9-7-8-17(12-18)22(31)33-6/h7-9,12,15-16H,10-11,13-14H2,1-6H3. The van der Waals surface area contributed by atoms with E-state index in [2.05, 4.69) is 4.98 Å². The van der Waals surface area contributed by atoms with E-state index in [1.54, 1.807) is 41.4 Å². The molecular weight excluding hydrogens is 436 g/mol. The fraction of sp³-hybridized carbons (Fsp3) is 0.520. The van der Waals surface area contributed by atoms with Crippen LogP contribution in [0.25, 0.3) is 0 Å². The van der Waals surface area contributed by atoms with E-state index in [0.717, 1.165) is 18.4 Å². The molecule has 2 aliphatic rings. The Labute approximate surface area is 199 Å². The Hall–Kier alpha value is -3.36. The summed E-state index contributed by atoms with van der Waals surface area (Å²) in [6.45, 7) is 8.22. The second-order valence-corrected chi connectivity index (χ2v) is 10.1. The Morgan fingerprint density at radius 2 is 1.91 bits per heavy atom. The van der Waals surface area contributed by atoms with Gasteiger partial charge in [-0.2, -0.15) is 0 Å². The summed E-state index contributed by atoms with van der Waals surface area (Å²) in [5.41, 5.74) is 1.27. The van der Waals surface area contributed by atoms with Crippen molar-refractivity contribution in [1.82, 2.24) is 19.4 Å². The van der Waals surface area contributed by atoms with Crippen LogP contribution in [0.5, 0.6) is 0 Å². The van der Waals surface area contributed by atoms with Crippen LogP contribution in [0, 0.1) is 0 Å². The molecule has 0 N–H and O–H groups in total. The van der Waals surface area contributed by atoms with Crippen LogP contribution in [0.2, 0.25) is 0 Å². The molecule has 1 saturated carbocycles. The lowest BCUT2D eigenvalue weighted by atomic mass is 10.00. The van der Waals surface area contributed by atoms with Crippen LogP contribution in [-0.4, -0.2) is 63.1 Å². The molecule has 1 atom stereocenters. The van der Waals surface area contributed by atoms with Gasteiger partial charge in [-0.3, -0.25) is 9.69 Å². The van der Waals surface area contributed by atoms with Crippen molar-refractivity contribution in [3.8, 4) is 0 Å². The summed E-state index contributed by atoms with van der Waals surface area (Å²) in [7, 11) is 3.11. The third-order valence-corrected chi connectivity index (χ3v) is 6.58. The number of aromatic nitrogens is 2. The van der Waals surface area contributed by atoms with Gasteiger partial charge in [0.15, 0.2) is 5.69 Å². The third-order valence-electron chi connectivity index (χ3n) is 6.58. The summed E-state index contributed by atoms with van der Waals surface area (Å²) < 4.78 is 12.4. The third kappa shape index (κ3) is 4.26. The van der Waals surface area contributed by atoms with E-state index in [0.29, 0.717) is 23.5 Å². The predicted octanol–water partition coefficient (Wildman–Crippen LogP) is 3.57. The maximum absolute atomic E-state index is 13.6. The van der Waals surface area contributed by atoms with E-state index in [-0.39, 0.29) is 18.5 Å². The molecule has 9 heteroatoms. The first-order valence-electron chi connectivity index (χ1n) is 11.5. The molecule has 2 amide bonds. The van der Waals surface area contributed by atoms with Crippen molar-refractivity contribution in [2.45, 2.75) is 70.8 Å². The van der Waals surface area contributed by atoms with Crippen molar-refractivity contribution in [3.63, 3.8) is 0 Å². The van der Waals surface area contributed by atoms with Crippen LogP contribution in [-0.2, 0) is 28.1 Å². The molecule has 0 spiro atoms. The minimum absolute atomic E-state index is 0.0898. The molecule has 1 aliphatic heterocycles. The number of methoxy groups -OCH3 is 1. The minimum Gasteiger partial charge on any atom is -0.465 e. The largest absolute Gasteiger partial charge is 0.465 e. The number of hydrogen-bond acceptors (Lipinski definition) is 6. The molecule has 1 aromatic heterocycles. The number of nitrogens with zero attached hydrogens (tertiary/aromatic N) is 4. The summed E-state index contributed by atoms with van der Waals surface area (Å²) in [5, 5.41) is 0. The average Bonchev–Trinajstić information content (AvgIpc) is 3.50. The zero-order valence-electron chi connectivity index (χ0n) is 20.6. The van der Waals surface area contributed by atoms with E-state index < -0.39 is 23.2 Å². The number of hydrogen-bond donors (Lipinski definition) is 0. The molecule has 1 aliphatic carbocycles. The Balaban J connectivity index is 1.59. The molecule has 0 radical (unpaired) electrons. The van der Waals surface area contributed by atoms with Gasteiger partial charge < -0.3 is 18.9 Å². The van der Waals surface area contributed by atoms with Crippen molar-refractivity contribution >= 4 is 18.0 Å². The van der Waals surface area contributed by atoms with Crippen LogP contribution in [0.4, 0.5) is 4.79 Å². The topological polar surface area (TPSA) is 94.0 Å². The number of imidazole rings is 1. The van der Waals surface area contributed by atoms with Gasteiger partial charge in [-0.1, -0.05) is 12.1 Å². The van der Waals surface area contributed by atoms with Crippen molar-refractivity contribution in [2.24, 2.45) is 0 Å². The SMILES string of the molecule is COC(=O)c1cccc(C2(N(C)C(=O)c3ncn4c3CN(C(=O)OC(C)(C)C)C(C)C4)CC2)c1. The first-order chi connectivity index (χ1) is 16.0. The van der Waals surface area contributed by atoms with E-state index >= 15 is 0 Å². The van der Waals surface area contributed by atoms with Crippen molar-refractivity contribution in [3.05, 3.63) is 53.1 Å². The van der Waals surface area contributed by atoms with E-state index in [1.807, 2.05) is 38.3 Å². The molecule has 4 rings (SSSR count). The Morgan fingerprint density at radius 1 is 1.21 bits per heavy atom. The molecule has 2 heterocycles. The Kier molecular flexibility index (Phi) is 5.91. The fourth-order valence-corrected chi connectivity index (χ4v) is 4.52. The lowest BCUT2D eigenvalue weighted by Crippen LogP contribution is -2.47. The molecule has 2 aromatic rings. The van der Waals surface area contributed by atoms with E-state index in [4.69, 9.17) is 9.47 Å². The Morgan fingerprint density at radius 3 is 2.53 bits per heavy atom. The number of rotatable bonds is 4. The van der Waals surface area contributed by atoms with Crippen molar-refractivity contribution in [1.29, 1.82) is 0 Å². The van der Waals surface area contributed by atoms with Gasteiger partial charge in [0.05, 0.1) is 42.8 Å². The molecule has 1 fully saturated rings. The number of carbonyl (C=O) groups is 3. The monoisotopic (exact) mass is 468 g/mol. The molecule has 9 nitrogen and oxygen atoms in total. The van der Waals surface area contributed by atoms with Gasteiger partial charge in [-0.25, -0.2) is 14.6 Å². The van der Waals surface area contributed by atoms with Gasteiger partial charge in [0, 0.05) is 13.6 Å². The fourth-order valence-electron chi connectivity index (χ4n) is 4.52. The zero-order valence-corrected chi connectivity index (χ0v) is 20.6. The van der Waals surface area contributed by atoms with Gasteiger partial charge in [0.2, 0.25) is 0 Å². The van der Waals surface area contributed by atoms with Crippen LogP contribution >= 0.6 is 0 Å². The highest BCUT2D eigenvalue weighted by atomic mass is 16.6. The van der Waals surface area contributed by atoms with Gasteiger partial charge in [-0.05, 0) is 58.2 Å². The zero-order chi connectivity index (χ0) is 24.8. The smallest absolute Gasteiger partial charge is 0.410 e. The first kappa shape index (κ1) is 23.8. The number of carbonyl (C=O) groups excluding carboxylic acids is 3.